The minimum absolute atomic E-state index is 0.0667. The van der Waals surface area contributed by atoms with Gasteiger partial charge in [0.05, 0.1) is 19.3 Å². The molecular formula is C18H23NO3. The van der Waals surface area contributed by atoms with Crippen LogP contribution >= 0.6 is 0 Å². The van der Waals surface area contributed by atoms with Crippen molar-refractivity contribution in [3.05, 3.63) is 34.9 Å². The summed E-state index contributed by atoms with van der Waals surface area (Å²) in [4.78, 5) is 15.0. The molecule has 2 heterocycles. The second-order valence-electron chi connectivity index (χ2n) is 6.51. The number of nitrogens with zero attached hydrogens (tertiary/aromatic N) is 1. The number of carbonyl (C=O) groups excluding carboxylic acids is 1. The third-order valence-corrected chi connectivity index (χ3v) is 5.12. The molecule has 2 aliphatic heterocycles. The van der Waals surface area contributed by atoms with Gasteiger partial charge in [0, 0.05) is 12.1 Å². The van der Waals surface area contributed by atoms with Gasteiger partial charge in [0.15, 0.2) is 6.29 Å². The minimum Gasteiger partial charge on any atom is -0.348 e. The number of hydrogen-bond acceptors (Lipinski definition) is 3. The molecule has 0 unspecified atom stereocenters. The standard InChI is InChI=1S/C18H23NO3/c20-17(15-8-7-13-4-3-5-14(13)12-15)19-9-2-1-6-16(19)18-21-10-11-22-18/h7-8,12,16,18H,1-6,9-11H2/t16-/m1/s1. The monoisotopic (exact) mass is 301 g/mol. The van der Waals surface area contributed by atoms with Gasteiger partial charge in [-0.1, -0.05) is 6.07 Å². The van der Waals surface area contributed by atoms with Crippen LogP contribution in [-0.4, -0.2) is 42.9 Å². The molecule has 0 bridgehead atoms. The van der Waals surface area contributed by atoms with Crippen LogP contribution < -0.4 is 0 Å². The summed E-state index contributed by atoms with van der Waals surface area (Å²) >= 11 is 0. The molecule has 0 N–H and O–H groups in total. The number of ether oxygens (including phenoxy) is 2. The third-order valence-electron chi connectivity index (χ3n) is 5.12. The second-order valence-corrected chi connectivity index (χ2v) is 6.51. The van der Waals surface area contributed by atoms with Crippen LogP contribution in [0.3, 0.4) is 0 Å². The van der Waals surface area contributed by atoms with E-state index in [4.69, 9.17) is 9.47 Å². The molecule has 3 aliphatic rings. The Morgan fingerprint density at radius 3 is 2.73 bits per heavy atom. The van der Waals surface area contributed by atoms with Crippen LogP contribution in [0.4, 0.5) is 0 Å². The number of fused-ring (bicyclic) bond motifs is 1. The van der Waals surface area contributed by atoms with Crippen molar-refractivity contribution >= 4 is 5.91 Å². The molecule has 1 atom stereocenters. The first-order valence-electron chi connectivity index (χ1n) is 8.49. The Hall–Kier alpha value is -1.39. The summed E-state index contributed by atoms with van der Waals surface area (Å²) in [6.07, 6.45) is 6.42. The van der Waals surface area contributed by atoms with E-state index in [1.165, 1.54) is 17.5 Å². The molecule has 1 aromatic rings. The minimum atomic E-state index is -0.237. The van der Waals surface area contributed by atoms with Crippen molar-refractivity contribution < 1.29 is 14.3 Å². The topological polar surface area (TPSA) is 38.8 Å². The van der Waals surface area contributed by atoms with E-state index in [1.807, 2.05) is 11.0 Å². The molecule has 4 nitrogen and oxygen atoms in total. The van der Waals surface area contributed by atoms with Crippen molar-refractivity contribution in [1.82, 2.24) is 4.90 Å². The van der Waals surface area contributed by atoms with E-state index in [1.54, 1.807) is 0 Å². The van der Waals surface area contributed by atoms with Gasteiger partial charge in [-0.2, -0.15) is 0 Å². The second kappa shape index (κ2) is 6.01. The SMILES string of the molecule is O=C(c1ccc2c(c1)CCC2)N1CCCC[C@@H]1C1OCCO1. The largest absolute Gasteiger partial charge is 0.348 e. The highest BCUT2D eigenvalue weighted by atomic mass is 16.7. The Bertz CT molecular complexity index is 565. The maximum absolute atomic E-state index is 13.0. The highest BCUT2D eigenvalue weighted by Gasteiger charge is 2.36. The number of rotatable bonds is 2. The van der Waals surface area contributed by atoms with Gasteiger partial charge in [-0.15, -0.1) is 0 Å². The number of aryl methyl sites for hydroxylation is 2. The average molecular weight is 301 g/mol. The van der Waals surface area contributed by atoms with Gasteiger partial charge in [0.25, 0.3) is 5.91 Å². The Morgan fingerprint density at radius 2 is 1.86 bits per heavy atom. The molecule has 4 heteroatoms. The van der Waals surface area contributed by atoms with Gasteiger partial charge in [0.2, 0.25) is 0 Å². The van der Waals surface area contributed by atoms with Crippen LogP contribution in [-0.2, 0) is 22.3 Å². The molecule has 0 radical (unpaired) electrons. The van der Waals surface area contributed by atoms with Crippen LogP contribution in [0.5, 0.6) is 0 Å². The van der Waals surface area contributed by atoms with Gasteiger partial charge in [-0.3, -0.25) is 4.79 Å². The molecule has 22 heavy (non-hydrogen) atoms. The van der Waals surface area contributed by atoms with Crippen LogP contribution in [0.15, 0.2) is 18.2 Å². The van der Waals surface area contributed by atoms with Crippen molar-refractivity contribution in [3.63, 3.8) is 0 Å². The summed E-state index contributed by atoms with van der Waals surface area (Å²) in [5.74, 6) is 0.138. The number of carbonyl (C=O) groups is 1. The van der Waals surface area contributed by atoms with E-state index in [-0.39, 0.29) is 18.2 Å². The zero-order valence-electron chi connectivity index (χ0n) is 12.9. The first kappa shape index (κ1) is 14.2. The molecule has 4 rings (SSSR count). The lowest BCUT2D eigenvalue weighted by Crippen LogP contribution is -2.50. The van der Waals surface area contributed by atoms with E-state index in [2.05, 4.69) is 12.1 Å². The normalized spacial score (nSPS) is 25.5. The van der Waals surface area contributed by atoms with E-state index >= 15 is 0 Å². The fourth-order valence-corrected chi connectivity index (χ4v) is 3.96. The predicted molar refractivity (Wildman–Crippen MR) is 82.8 cm³/mol. The molecule has 1 amide bonds. The summed E-state index contributed by atoms with van der Waals surface area (Å²) < 4.78 is 11.3. The molecule has 2 saturated heterocycles. The fourth-order valence-electron chi connectivity index (χ4n) is 3.96. The zero-order valence-corrected chi connectivity index (χ0v) is 12.9. The number of piperidine rings is 1. The Balaban J connectivity index is 1.57. The number of amides is 1. The van der Waals surface area contributed by atoms with E-state index in [0.29, 0.717) is 13.2 Å². The number of likely N-dealkylation sites (tertiary alicyclic amines) is 1. The van der Waals surface area contributed by atoms with Gasteiger partial charge in [-0.05, 0) is 61.8 Å². The Kier molecular flexibility index (Phi) is 3.89. The van der Waals surface area contributed by atoms with Crippen LogP contribution in [0.25, 0.3) is 0 Å². The first-order valence-corrected chi connectivity index (χ1v) is 8.49. The zero-order chi connectivity index (χ0) is 14.9. The van der Waals surface area contributed by atoms with Crippen LogP contribution in [0.1, 0.15) is 47.2 Å². The lowest BCUT2D eigenvalue weighted by Gasteiger charge is -2.38. The van der Waals surface area contributed by atoms with E-state index < -0.39 is 0 Å². The highest BCUT2D eigenvalue weighted by molar-refractivity contribution is 5.94. The lowest BCUT2D eigenvalue weighted by atomic mass is 9.99. The quantitative estimate of drug-likeness (QED) is 0.842. The van der Waals surface area contributed by atoms with Crippen molar-refractivity contribution in [3.8, 4) is 0 Å². The number of benzene rings is 1. The van der Waals surface area contributed by atoms with Crippen molar-refractivity contribution in [2.75, 3.05) is 19.8 Å². The summed E-state index contributed by atoms with van der Waals surface area (Å²) in [5, 5.41) is 0. The van der Waals surface area contributed by atoms with E-state index in [0.717, 1.165) is 44.2 Å². The van der Waals surface area contributed by atoms with Gasteiger partial charge in [0.1, 0.15) is 0 Å². The van der Waals surface area contributed by atoms with Crippen molar-refractivity contribution in [2.45, 2.75) is 50.9 Å². The molecule has 0 saturated carbocycles. The van der Waals surface area contributed by atoms with Crippen LogP contribution in [0, 0.1) is 0 Å². The summed E-state index contributed by atoms with van der Waals surface area (Å²) in [7, 11) is 0. The van der Waals surface area contributed by atoms with Gasteiger partial charge < -0.3 is 14.4 Å². The molecule has 118 valence electrons. The number of hydrogen-bond donors (Lipinski definition) is 0. The van der Waals surface area contributed by atoms with Gasteiger partial charge >= 0.3 is 0 Å². The highest BCUT2D eigenvalue weighted by Crippen LogP contribution is 2.28. The lowest BCUT2D eigenvalue weighted by molar-refractivity contribution is -0.100. The summed E-state index contributed by atoms with van der Waals surface area (Å²) in [6, 6.07) is 6.30. The third kappa shape index (κ3) is 2.55. The Morgan fingerprint density at radius 1 is 1.05 bits per heavy atom. The maximum atomic E-state index is 13.0. The van der Waals surface area contributed by atoms with Crippen molar-refractivity contribution in [2.24, 2.45) is 0 Å². The average Bonchev–Trinajstić information content (AvgIpc) is 3.24. The van der Waals surface area contributed by atoms with Crippen molar-refractivity contribution in [1.29, 1.82) is 0 Å². The molecule has 1 aromatic carbocycles. The molecule has 0 spiro atoms. The molecule has 1 aliphatic carbocycles. The van der Waals surface area contributed by atoms with Gasteiger partial charge in [-0.25, -0.2) is 0 Å². The molecular weight excluding hydrogens is 278 g/mol. The molecule has 0 aromatic heterocycles. The molecule has 2 fully saturated rings. The maximum Gasteiger partial charge on any atom is 0.254 e. The van der Waals surface area contributed by atoms with Crippen LogP contribution in [0.2, 0.25) is 0 Å². The summed E-state index contributed by atoms with van der Waals surface area (Å²) in [6.45, 7) is 2.09. The predicted octanol–water partition coefficient (Wildman–Crippen LogP) is 2.54. The van der Waals surface area contributed by atoms with E-state index in [9.17, 15) is 4.79 Å². The fraction of sp³-hybridized carbons (Fsp3) is 0.611. The first-order chi connectivity index (χ1) is 10.8. The summed E-state index contributed by atoms with van der Waals surface area (Å²) in [5.41, 5.74) is 3.59. The Labute approximate surface area is 131 Å². The smallest absolute Gasteiger partial charge is 0.254 e.